The van der Waals surface area contributed by atoms with E-state index in [4.69, 9.17) is 4.74 Å². The second kappa shape index (κ2) is 6.66. The Morgan fingerprint density at radius 2 is 1.96 bits per heavy atom. The number of morpholine rings is 1. The van der Waals surface area contributed by atoms with Crippen LogP contribution in [0.3, 0.4) is 0 Å². The molecule has 0 unspecified atom stereocenters. The van der Waals surface area contributed by atoms with E-state index in [-0.39, 0.29) is 29.8 Å². The summed E-state index contributed by atoms with van der Waals surface area (Å²) in [5, 5.41) is 0. The molecule has 5 nitrogen and oxygen atoms in total. The van der Waals surface area contributed by atoms with Crippen LogP contribution in [-0.2, 0) is 14.3 Å². The molecule has 1 aromatic carbocycles. The number of amides is 2. The summed E-state index contributed by atoms with van der Waals surface area (Å²) in [6, 6.07) is 5.82. The Morgan fingerprint density at radius 3 is 2.65 bits per heavy atom. The number of ether oxygens (including phenoxy) is 1. The maximum absolute atomic E-state index is 13.0. The van der Waals surface area contributed by atoms with Crippen molar-refractivity contribution in [2.75, 3.05) is 26.2 Å². The van der Waals surface area contributed by atoms with E-state index in [9.17, 15) is 14.0 Å². The van der Waals surface area contributed by atoms with Gasteiger partial charge in [0.05, 0.1) is 13.2 Å². The Morgan fingerprint density at radius 1 is 1.22 bits per heavy atom. The Labute approximate surface area is 135 Å². The van der Waals surface area contributed by atoms with Gasteiger partial charge in [-0.05, 0) is 30.5 Å². The minimum absolute atomic E-state index is 0.00638. The molecule has 0 saturated carbocycles. The van der Waals surface area contributed by atoms with Crippen molar-refractivity contribution < 1.29 is 18.7 Å². The second-order valence-electron chi connectivity index (χ2n) is 6.07. The molecule has 2 amide bonds. The smallest absolute Gasteiger partial charge is 0.245 e. The van der Waals surface area contributed by atoms with E-state index in [0.717, 1.165) is 18.4 Å². The number of hydrogen-bond donors (Lipinski definition) is 0. The Bertz CT molecular complexity index is 590. The maximum Gasteiger partial charge on any atom is 0.245 e. The van der Waals surface area contributed by atoms with E-state index >= 15 is 0 Å². The Kier molecular flexibility index (Phi) is 4.61. The van der Waals surface area contributed by atoms with Gasteiger partial charge >= 0.3 is 0 Å². The topological polar surface area (TPSA) is 49.9 Å². The van der Waals surface area contributed by atoms with Gasteiger partial charge in [0.1, 0.15) is 18.0 Å². The molecular formula is C17H21FN2O3. The summed E-state index contributed by atoms with van der Waals surface area (Å²) < 4.78 is 18.8. The summed E-state index contributed by atoms with van der Waals surface area (Å²) in [5.74, 6) is -0.349. The highest BCUT2D eigenvalue weighted by molar-refractivity contribution is 5.87. The quantitative estimate of drug-likeness (QED) is 0.834. The molecule has 0 bridgehead atoms. The number of benzene rings is 1. The molecule has 124 valence electrons. The first-order chi connectivity index (χ1) is 11.1. The first kappa shape index (κ1) is 15.9. The van der Waals surface area contributed by atoms with Gasteiger partial charge < -0.3 is 14.5 Å². The average Bonchev–Trinajstić information content (AvgIpc) is 3.05. The van der Waals surface area contributed by atoms with Gasteiger partial charge in [0.25, 0.3) is 0 Å². The molecule has 1 aromatic rings. The van der Waals surface area contributed by atoms with Crippen molar-refractivity contribution in [2.45, 2.75) is 31.9 Å². The molecule has 2 heterocycles. The van der Waals surface area contributed by atoms with E-state index in [2.05, 4.69) is 0 Å². The minimum Gasteiger partial charge on any atom is -0.370 e. The van der Waals surface area contributed by atoms with Gasteiger partial charge in [-0.25, -0.2) is 4.39 Å². The molecule has 0 radical (unpaired) electrons. The summed E-state index contributed by atoms with van der Waals surface area (Å²) in [6.07, 6.45) is 1.33. The van der Waals surface area contributed by atoms with E-state index in [1.54, 1.807) is 21.9 Å². The van der Waals surface area contributed by atoms with Gasteiger partial charge in [0, 0.05) is 20.0 Å². The fraction of sp³-hybridized carbons (Fsp3) is 0.529. The lowest BCUT2D eigenvalue weighted by Gasteiger charge is -2.36. The predicted octanol–water partition coefficient (Wildman–Crippen LogP) is 1.74. The third-order valence-electron chi connectivity index (χ3n) is 4.56. The molecule has 2 aliphatic rings. The highest BCUT2D eigenvalue weighted by Gasteiger charge is 2.37. The second-order valence-corrected chi connectivity index (χ2v) is 6.07. The fourth-order valence-corrected chi connectivity index (χ4v) is 3.34. The predicted molar refractivity (Wildman–Crippen MR) is 82.1 cm³/mol. The lowest BCUT2D eigenvalue weighted by molar-refractivity contribution is -0.148. The molecule has 0 spiro atoms. The molecule has 2 fully saturated rings. The fourth-order valence-electron chi connectivity index (χ4n) is 3.34. The number of hydrogen-bond acceptors (Lipinski definition) is 3. The van der Waals surface area contributed by atoms with Gasteiger partial charge in [-0.2, -0.15) is 0 Å². The highest BCUT2D eigenvalue weighted by atomic mass is 19.1. The van der Waals surface area contributed by atoms with Crippen LogP contribution in [0.25, 0.3) is 0 Å². The van der Waals surface area contributed by atoms with Crippen LogP contribution in [0.15, 0.2) is 24.3 Å². The molecule has 2 saturated heterocycles. The van der Waals surface area contributed by atoms with E-state index < -0.39 is 0 Å². The number of carbonyl (C=O) groups excluding carboxylic acids is 2. The zero-order valence-corrected chi connectivity index (χ0v) is 13.2. The molecule has 23 heavy (non-hydrogen) atoms. The van der Waals surface area contributed by atoms with Crippen molar-refractivity contribution >= 4 is 11.8 Å². The van der Waals surface area contributed by atoms with E-state index in [1.807, 2.05) is 0 Å². The van der Waals surface area contributed by atoms with Crippen molar-refractivity contribution in [3.8, 4) is 0 Å². The van der Waals surface area contributed by atoms with Crippen LogP contribution in [-0.4, -0.2) is 53.9 Å². The SMILES string of the molecule is CC(=O)N1CCC[C@H]1C(=O)N1CCO[C@H](c2ccc(F)cc2)C1. The largest absolute Gasteiger partial charge is 0.370 e. The summed E-state index contributed by atoms with van der Waals surface area (Å²) in [7, 11) is 0. The highest BCUT2D eigenvalue weighted by Crippen LogP contribution is 2.25. The van der Waals surface area contributed by atoms with Crippen LogP contribution < -0.4 is 0 Å². The standard InChI is InChI=1S/C17H21FN2O3/c1-12(21)20-8-2-3-15(20)17(22)19-9-10-23-16(11-19)13-4-6-14(18)7-5-13/h4-7,15-16H,2-3,8-11H2,1H3/t15-,16-/m0/s1. The molecule has 3 rings (SSSR count). The lowest BCUT2D eigenvalue weighted by Crippen LogP contribution is -2.51. The number of likely N-dealkylation sites (tertiary alicyclic amines) is 1. The molecule has 2 atom stereocenters. The van der Waals surface area contributed by atoms with Crippen molar-refractivity contribution in [3.63, 3.8) is 0 Å². The van der Waals surface area contributed by atoms with Crippen molar-refractivity contribution in [2.24, 2.45) is 0 Å². The van der Waals surface area contributed by atoms with Gasteiger partial charge in [0.15, 0.2) is 0 Å². The van der Waals surface area contributed by atoms with Gasteiger partial charge in [-0.15, -0.1) is 0 Å². The number of halogens is 1. The van der Waals surface area contributed by atoms with Crippen LogP contribution in [0.5, 0.6) is 0 Å². The normalized spacial score (nSPS) is 24.8. The number of carbonyl (C=O) groups is 2. The monoisotopic (exact) mass is 320 g/mol. The first-order valence-electron chi connectivity index (χ1n) is 7.99. The van der Waals surface area contributed by atoms with Crippen LogP contribution in [0.2, 0.25) is 0 Å². The van der Waals surface area contributed by atoms with Crippen LogP contribution in [0.1, 0.15) is 31.4 Å². The molecule has 6 heteroatoms. The summed E-state index contributed by atoms with van der Waals surface area (Å²) in [6.45, 7) is 3.57. The third-order valence-corrected chi connectivity index (χ3v) is 4.56. The summed E-state index contributed by atoms with van der Waals surface area (Å²) in [4.78, 5) is 27.8. The van der Waals surface area contributed by atoms with E-state index in [1.165, 1.54) is 19.1 Å². The average molecular weight is 320 g/mol. The molecule has 0 aromatic heterocycles. The molecular weight excluding hydrogens is 299 g/mol. The molecule has 2 aliphatic heterocycles. The Hall–Kier alpha value is -1.95. The van der Waals surface area contributed by atoms with Gasteiger partial charge in [-0.1, -0.05) is 12.1 Å². The zero-order valence-electron chi connectivity index (χ0n) is 13.2. The summed E-state index contributed by atoms with van der Waals surface area (Å²) >= 11 is 0. The zero-order chi connectivity index (χ0) is 16.4. The van der Waals surface area contributed by atoms with Gasteiger partial charge in [-0.3, -0.25) is 9.59 Å². The lowest BCUT2D eigenvalue weighted by atomic mass is 10.1. The Balaban J connectivity index is 1.69. The molecule has 0 aliphatic carbocycles. The van der Waals surface area contributed by atoms with Crippen molar-refractivity contribution in [1.29, 1.82) is 0 Å². The number of nitrogens with zero attached hydrogens (tertiary/aromatic N) is 2. The molecule has 0 N–H and O–H groups in total. The first-order valence-corrected chi connectivity index (χ1v) is 7.99. The summed E-state index contributed by atoms with van der Waals surface area (Å²) in [5.41, 5.74) is 0.860. The van der Waals surface area contributed by atoms with Crippen LogP contribution >= 0.6 is 0 Å². The minimum atomic E-state index is -0.348. The number of rotatable bonds is 2. The third kappa shape index (κ3) is 3.37. The van der Waals surface area contributed by atoms with E-state index in [0.29, 0.717) is 26.2 Å². The van der Waals surface area contributed by atoms with Gasteiger partial charge in [0.2, 0.25) is 11.8 Å². The van der Waals surface area contributed by atoms with Crippen molar-refractivity contribution in [1.82, 2.24) is 9.80 Å². The van der Waals surface area contributed by atoms with Crippen molar-refractivity contribution in [3.05, 3.63) is 35.6 Å². The maximum atomic E-state index is 13.0. The van der Waals surface area contributed by atoms with Crippen LogP contribution in [0, 0.1) is 5.82 Å². The van der Waals surface area contributed by atoms with Crippen LogP contribution in [0.4, 0.5) is 4.39 Å².